The van der Waals surface area contributed by atoms with Crippen LogP contribution in [0.5, 0.6) is 5.75 Å². The normalized spacial score (nSPS) is 15.2. The largest absolute Gasteiger partial charge is 0.496 e. The van der Waals surface area contributed by atoms with Gasteiger partial charge in [0.25, 0.3) is 5.91 Å². The Bertz CT molecular complexity index is 543. The number of nitrogens with zero attached hydrogens (tertiary/aromatic N) is 1. The number of nitrogens with one attached hydrogen (secondary N) is 1. The third kappa shape index (κ3) is 2.93. The second kappa shape index (κ2) is 5.40. The van der Waals surface area contributed by atoms with Crippen LogP contribution in [0.2, 0.25) is 0 Å². The van der Waals surface area contributed by atoms with Gasteiger partial charge >= 0.3 is 0 Å². The lowest BCUT2D eigenvalue weighted by atomic mass is 10.1. The summed E-state index contributed by atoms with van der Waals surface area (Å²) < 4.78 is 5.90. The number of benzene rings is 1. The predicted molar refractivity (Wildman–Crippen MR) is 69.7 cm³/mol. The molecule has 2 rings (SSSR count). The van der Waals surface area contributed by atoms with Gasteiger partial charge in [0.1, 0.15) is 18.8 Å². The molecule has 1 aromatic rings. The summed E-state index contributed by atoms with van der Waals surface area (Å²) in [6.45, 7) is -0.270. The highest BCUT2D eigenvalue weighted by atomic mass is 79.9. The Morgan fingerprint density at radius 2 is 1.95 bits per heavy atom. The van der Waals surface area contributed by atoms with Crippen molar-refractivity contribution < 1.29 is 19.1 Å². The van der Waals surface area contributed by atoms with Gasteiger partial charge in [0.05, 0.1) is 12.7 Å². The second-order valence-corrected chi connectivity index (χ2v) is 4.89. The van der Waals surface area contributed by atoms with Crippen molar-refractivity contribution in [2.75, 3.05) is 20.2 Å². The second-order valence-electron chi connectivity index (χ2n) is 3.98. The van der Waals surface area contributed by atoms with Gasteiger partial charge in [-0.1, -0.05) is 15.9 Å². The number of methoxy groups -OCH3 is 1. The SMILES string of the molecule is COc1cc(Br)ccc1C(=O)N1CC(=O)NC(=O)C1. The quantitative estimate of drug-likeness (QED) is 0.805. The van der Waals surface area contributed by atoms with Crippen molar-refractivity contribution in [2.24, 2.45) is 0 Å². The van der Waals surface area contributed by atoms with E-state index in [0.29, 0.717) is 11.3 Å². The van der Waals surface area contributed by atoms with E-state index in [-0.39, 0.29) is 13.1 Å². The maximum atomic E-state index is 12.3. The van der Waals surface area contributed by atoms with E-state index in [1.54, 1.807) is 18.2 Å². The summed E-state index contributed by atoms with van der Waals surface area (Å²) in [5, 5.41) is 2.14. The molecule has 7 heteroatoms. The minimum absolute atomic E-state index is 0.135. The van der Waals surface area contributed by atoms with Crippen LogP contribution in [0.15, 0.2) is 22.7 Å². The molecule has 1 fully saturated rings. The van der Waals surface area contributed by atoms with Crippen molar-refractivity contribution in [1.82, 2.24) is 10.2 Å². The van der Waals surface area contributed by atoms with Crippen LogP contribution >= 0.6 is 15.9 Å². The number of hydrogen-bond donors (Lipinski definition) is 1. The number of halogens is 1. The lowest BCUT2D eigenvalue weighted by Gasteiger charge is -2.26. The zero-order valence-electron chi connectivity index (χ0n) is 10.1. The van der Waals surface area contributed by atoms with Crippen molar-refractivity contribution in [1.29, 1.82) is 0 Å². The number of carbonyl (C=O) groups excluding carboxylic acids is 3. The highest BCUT2D eigenvalue weighted by Crippen LogP contribution is 2.24. The molecule has 19 heavy (non-hydrogen) atoms. The summed E-state index contributed by atoms with van der Waals surface area (Å²) in [5.74, 6) is -0.994. The van der Waals surface area contributed by atoms with Gasteiger partial charge in [0, 0.05) is 4.47 Å². The molecule has 0 aromatic heterocycles. The molecule has 1 aromatic carbocycles. The van der Waals surface area contributed by atoms with E-state index >= 15 is 0 Å². The molecular formula is C12H11BrN2O4. The Kier molecular flexibility index (Phi) is 3.84. The lowest BCUT2D eigenvalue weighted by molar-refractivity contribution is -0.135. The Morgan fingerprint density at radius 1 is 1.32 bits per heavy atom. The molecule has 0 bridgehead atoms. The summed E-state index contributed by atoms with van der Waals surface area (Å²) in [7, 11) is 1.45. The van der Waals surface area contributed by atoms with Gasteiger partial charge in [0.2, 0.25) is 11.8 Å². The monoisotopic (exact) mass is 326 g/mol. The molecule has 1 N–H and O–H groups in total. The number of imide groups is 1. The first kappa shape index (κ1) is 13.5. The van der Waals surface area contributed by atoms with Gasteiger partial charge in [-0.05, 0) is 18.2 Å². The maximum Gasteiger partial charge on any atom is 0.258 e. The number of hydrogen-bond acceptors (Lipinski definition) is 4. The van der Waals surface area contributed by atoms with Crippen LogP contribution in [0.1, 0.15) is 10.4 Å². The van der Waals surface area contributed by atoms with E-state index in [9.17, 15) is 14.4 Å². The van der Waals surface area contributed by atoms with Crippen molar-refractivity contribution in [3.63, 3.8) is 0 Å². The third-order valence-electron chi connectivity index (χ3n) is 2.63. The van der Waals surface area contributed by atoms with Crippen molar-refractivity contribution in [2.45, 2.75) is 0 Å². The summed E-state index contributed by atoms with van der Waals surface area (Å²) >= 11 is 3.28. The third-order valence-corrected chi connectivity index (χ3v) is 3.12. The smallest absolute Gasteiger partial charge is 0.258 e. The van der Waals surface area contributed by atoms with Crippen LogP contribution < -0.4 is 10.1 Å². The average Bonchev–Trinajstić information content (AvgIpc) is 2.36. The Balaban J connectivity index is 2.28. The van der Waals surface area contributed by atoms with Gasteiger partial charge in [-0.2, -0.15) is 0 Å². The van der Waals surface area contributed by atoms with Gasteiger partial charge in [0.15, 0.2) is 0 Å². The van der Waals surface area contributed by atoms with Gasteiger partial charge in [-0.15, -0.1) is 0 Å². The molecule has 0 radical (unpaired) electrons. The zero-order chi connectivity index (χ0) is 14.0. The highest BCUT2D eigenvalue weighted by Gasteiger charge is 2.28. The Morgan fingerprint density at radius 3 is 2.53 bits per heavy atom. The minimum Gasteiger partial charge on any atom is -0.496 e. The van der Waals surface area contributed by atoms with Crippen LogP contribution in [0, 0.1) is 0 Å². The summed E-state index contributed by atoms with van der Waals surface area (Å²) in [4.78, 5) is 36.0. The fourth-order valence-corrected chi connectivity index (χ4v) is 2.13. The van der Waals surface area contributed by atoms with Gasteiger partial charge in [-0.25, -0.2) is 0 Å². The molecule has 0 unspecified atom stereocenters. The maximum absolute atomic E-state index is 12.3. The molecule has 6 nitrogen and oxygen atoms in total. The molecule has 1 aliphatic heterocycles. The van der Waals surface area contributed by atoms with Crippen LogP contribution in [0.4, 0.5) is 0 Å². The van der Waals surface area contributed by atoms with Crippen LogP contribution in [-0.2, 0) is 9.59 Å². The van der Waals surface area contributed by atoms with Gasteiger partial charge in [-0.3, -0.25) is 19.7 Å². The fourth-order valence-electron chi connectivity index (χ4n) is 1.79. The summed E-state index contributed by atoms with van der Waals surface area (Å²) in [6, 6.07) is 4.93. The van der Waals surface area contributed by atoms with E-state index in [1.807, 2.05) is 0 Å². The predicted octanol–water partition coefficient (Wildman–Crippen LogP) is 0.556. The molecule has 0 spiro atoms. The first-order chi connectivity index (χ1) is 9.01. The van der Waals surface area contributed by atoms with E-state index in [0.717, 1.165) is 4.47 Å². The minimum atomic E-state index is -0.485. The highest BCUT2D eigenvalue weighted by molar-refractivity contribution is 9.10. The number of piperazine rings is 1. The molecule has 3 amide bonds. The van der Waals surface area contributed by atoms with E-state index in [4.69, 9.17) is 4.74 Å². The van der Waals surface area contributed by atoms with Crippen LogP contribution in [0.25, 0.3) is 0 Å². The summed E-state index contributed by atoms with van der Waals surface area (Å²) in [6.07, 6.45) is 0. The topological polar surface area (TPSA) is 75.7 Å². The van der Waals surface area contributed by atoms with E-state index in [2.05, 4.69) is 21.2 Å². The molecule has 0 aliphatic carbocycles. The standard InChI is InChI=1S/C12H11BrN2O4/c1-19-9-4-7(13)2-3-8(9)12(18)15-5-10(16)14-11(17)6-15/h2-4H,5-6H2,1H3,(H,14,16,17). The molecule has 100 valence electrons. The van der Waals surface area contributed by atoms with Crippen LogP contribution in [-0.4, -0.2) is 42.8 Å². The molecule has 0 atom stereocenters. The number of rotatable bonds is 2. The zero-order valence-corrected chi connectivity index (χ0v) is 11.7. The van der Waals surface area contributed by atoms with Crippen LogP contribution in [0.3, 0.4) is 0 Å². The van der Waals surface area contributed by atoms with Gasteiger partial charge < -0.3 is 9.64 Å². The first-order valence-electron chi connectivity index (χ1n) is 5.46. The first-order valence-corrected chi connectivity index (χ1v) is 6.26. The fraction of sp³-hybridized carbons (Fsp3) is 0.250. The number of amides is 3. The summed E-state index contributed by atoms with van der Waals surface area (Å²) in [5.41, 5.74) is 0.313. The lowest BCUT2D eigenvalue weighted by Crippen LogP contribution is -2.53. The van der Waals surface area contributed by atoms with E-state index in [1.165, 1.54) is 12.0 Å². The molecule has 0 saturated carbocycles. The van der Waals surface area contributed by atoms with E-state index < -0.39 is 17.7 Å². The number of ether oxygens (including phenoxy) is 1. The molecule has 1 saturated heterocycles. The molecular weight excluding hydrogens is 316 g/mol. The Hall–Kier alpha value is -1.89. The number of carbonyl (C=O) groups is 3. The molecule has 1 heterocycles. The average molecular weight is 327 g/mol. The van der Waals surface area contributed by atoms with Crippen molar-refractivity contribution >= 4 is 33.7 Å². The molecule has 1 aliphatic rings. The van der Waals surface area contributed by atoms with Crippen molar-refractivity contribution in [3.05, 3.63) is 28.2 Å². The van der Waals surface area contributed by atoms with Crippen molar-refractivity contribution in [3.8, 4) is 5.75 Å². The Labute approximate surface area is 117 Å².